The zero-order chi connectivity index (χ0) is 13.4. The van der Waals surface area contributed by atoms with Crippen molar-refractivity contribution in [1.29, 1.82) is 0 Å². The van der Waals surface area contributed by atoms with E-state index in [4.69, 9.17) is 0 Å². The Balaban J connectivity index is 2.00. The van der Waals surface area contributed by atoms with E-state index < -0.39 is 6.17 Å². The summed E-state index contributed by atoms with van der Waals surface area (Å²) in [7, 11) is 0. The van der Waals surface area contributed by atoms with Gasteiger partial charge >= 0.3 is 0 Å². The first-order valence-electron chi connectivity index (χ1n) is 6.90. The van der Waals surface area contributed by atoms with Crippen molar-refractivity contribution in [2.75, 3.05) is 18.0 Å². The summed E-state index contributed by atoms with van der Waals surface area (Å²) in [6.45, 7) is 5.48. The molecule has 0 unspecified atom stereocenters. The minimum absolute atomic E-state index is 0.519. The van der Waals surface area contributed by atoms with Gasteiger partial charge in [-0.25, -0.2) is 4.39 Å². The molecule has 3 heteroatoms. The quantitative estimate of drug-likeness (QED) is 0.836. The van der Waals surface area contributed by atoms with E-state index in [9.17, 15) is 4.39 Å². The topological polar surface area (TPSA) is 16.1 Å². The average molecular weight is 258 g/mol. The molecule has 1 aliphatic rings. The summed E-state index contributed by atoms with van der Waals surface area (Å²) in [4.78, 5) is 6.50. The van der Waals surface area contributed by atoms with Crippen LogP contribution in [0.1, 0.15) is 19.4 Å². The van der Waals surface area contributed by atoms with Crippen LogP contribution in [0.15, 0.2) is 30.5 Å². The van der Waals surface area contributed by atoms with E-state index in [0.29, 0.717) is 19.0 Å². The molecule has 0 spiro atoms. The van der Waals surface area contributed by atoms with E-state index in [1.807, 2.05) is 18.3 Å². The summed E-state index contributed by atoms with van der Waals surface area (Å²) in [5, 5.41) is 1.20. The fourth-order valence-electron chi connectivity index (χ4n) is 2.64. The summed E-state index contributed by atoms with van der Waals surface area (Å²) in [6, 6.07) is 8.34. The molecule has 0 saturated carbocycles. The Morgan fingerprint density at radius 1 is 1.32 bits per heavy atom. The zero-order valence-electron chi connectivity index (χ0n) is 11.4. The fourth-order valence-corrected chi connectivity index (χ4v) is 2.64. The molecule has 2 heterocycles. The number of fused-ring (bicyclic) bond motifs is 1. The van der Waals surface area contributed by atoms with Crippen LogP contribution in [-0.2, 0) is 6.42 Å². The van der Waals surface area contributed by atoms with Crippen LogP contribution in [0.5, 0.6) is 0 Å². The molecular formula is C16H19FN2. The zero-order valence-corrected chi connectivity index (χ0v) is 11.4. The van der Waals surface area contributed by atoms with E-state index in [2.05, 4.69) is 35.9 Å². The predicted molar refractivity (Wildman–Crippen MR) is 77.4 cm³/mol. The second kappa shape index (κ2) is 4.80. The Morgan fingerprint density at radius 3 is 2.79 bits per heavy atom. The summed E-state index contributed by atoms with van der Waals surface area (Å²) < 4.78 is 13.0. The van der Waals surface area contributed by atoms with Gasteiger partial charge in [0.2, 0.25) is 0 Å². The van der Waals surface area contributed by atoms with Crippen molar-refractivity contribution in [2.45, 2.75) is 26.4 Å². The minimum Gasteiger partial charge on any atom is -0.366 e. The summed E-state index contributed by atoms with van der Waals surface area (Å²) in [5.74, 6) is 0.619. The number of pyridine rings is 1. The van der Waals surface area contributed by atoms with Gasteiger partial charge in [0.1, 0.15) is 6.17 Å². The fraction of sp³-hybridized carbons (Fsp3) is 0.438. The third-order valence-electron chi connectivity index (χ3n) is 3.65. The van der Waals surface area contributed by atoms with Crippen molar-refractivity contribution in [1.82, 2.24) is 4.98 Å². The first-order valence-corrected chi connectivity index (χ1v) is 6.90. The average Bonchev–Trinajstić information content (AvgIpc) is 2.34. The highest BCUT2D eigenvalue weighted by Crippen LogP contribution is 2.28. The Labute approximate surface area is 113 Å². The number of alkyl halides is 1. The van der Waals surface area contributed by atoms with E-state index in [-0.39, 0.29) is 0 Å². The first kappa shape index (κ1) is 12.4. The van der Waals surface area contributed by atoms with E-state index >= 15 is 0 Å². The van der Waals surface area contributed by atoms with Crippen LogP contribution in [-0.4, -0.2) is 24.2 Å². The van der Waals surface area contributed by atoms with Crippen LogP contribution in [0.2, 0.25) is 0 Å². The number of nitrogens with zero attached hydrogens (tertiary/aromatic N) is 2. The molecule has 0 atom stereocenters. The van der Waals surface area contributed by atoms with Crippen molar-refractivity contribution in [3.63, 3.8) is 0 Å². The molecule has 1 fully saturated rings. The highest BCUT2D eigenvalue weighted by molar-refractivity contribution is 5.85. The van der Waals surface area contributed by atoms with Gasteiger partial charge in [0.15, 0.2) is 0 Å². The van der Waals surface area contributed by atoms with Crippen molar-refractivity contribution in [3.8, 4) is 0 Å². The smallest absolute Gasteiger partial charge is 0.135 e. The van der Waals surface area contributed by atoms with E-state index in [1.54, 1.807) is 0 Å². The molecule has 1 aromatic carbocycles. The lowest BCUT2D eigenvalue weighted by molar-refractivity contribution is 0.275. The number of rotatable bonds is 3. The largest absolute Gasteiger partial charge is 0.366 e. The SMILES string of the molecule is CC(C)Cc1ccnc2ccc(N3CC(F)C3)cc12. The molecule has 1 saturated heterocycles. The van der Waals surface area contributed by atoms with Crippen molar-refractivity contribution >= 4 is 16.6 Å². The van der Waals surface area contributed by atoms with Gasteiger partial charge in [-0.2, -0.15) is 0 Å². The molecule has 3 rings (SSSR count). The van der Waals surface area contributed by atoms with Gasteiger partial charge < -0.3 is 4.90 Å². The van der Waals surface area contributed by atoms with Crippen LogP contribution in [0, 0.1) is 5.92 Å². The van der Waals surface area contributed by atoms with Crippen molar-refractivity contribution in [2.24, 2.45) is 5.92 Å². The van der Waals surface area contributed by atoms with Gasteiger partial charge in [-0.05, 0) is 42.2 Å². The molecule has 1 aromatic heterocycles. The maximum absolute atomic E-state index is 13.0. The lowest BCUT2D eigenvalue weighted by Gasteiger charge is -2.36. The number of hydrogen-bond acceptors (Lipinski definition) is 2. The second-order valence-electron chi connectivity index (χ2n) is 5.77. The van der Waals surface area contributed by atoms with Gasteiger partial charge in [-0.3, -0.25) is 4.98 Å². The van der Waals surface area contributed by atoms with E-state index in [0.717, 1.165) is 17.6 Å². The van der Waals surface area contributed by atoms with Gasteiger partial charge in [0, 0.05) is 17.3 Å². The molecule has 100 valence electrons. The Hall–Kier alpha value is -1.64. The highest BCUT2D eigenvalue weighted by atomic mass is 19.1. The van der Waals surface area contributed by atoms with Gasteiger partial charge in [0.25, 0.3) is 0 Å². The summed E-state index contributed by atoms with van der Waals surface area (Å²) >= 11 is 0. The first-order chi connectivity index (χ1) is 9.13. The molecule has 0 amide bonds. The molecule has 0 N–H and O–H groups in total. The number of anilines is 1. The molecular weight excluding hydrogens is 239 g/mol. The third kappa shape index (κ3) is 2.42. The number of halogens is 1. The third-order valence-corrected chi connectivity index (χ3v) is 3.65. The molecule has 0 bridgehead atoms. The molecule has 1 aliphatic heterocycles. The van der Waals surface area contributed by atoms with Crippen LogP contribution in [0.25, 0.3) is 10.9 Å². The minimum atomic E-state index is -0.667. The van der Waals surface area contributed by atoms with Crippen molar-refractivity contribution in [3.05, 3.63) is 36.0 Å². The van der Waals surface area contributed by atoms with Crippen LogP contribution >= 0.6 is 0 Å². The standard InChI is InChI=1S/C16H19FN2/c1-11(2)7-12-5-6-18-16-4-3-14(8-15(12)16)19-9-13(17)10-19/h3-6,8,11,13H,7,9-10H2,1-2H3. The molecule has 0 radical (unpaired) electrons. The Kier molecular flexibility index (Phi) is 3.13. The molecule has 19 heavy (non-hydrogen) atoms. The highest BCUT2D eigenvalue weighted by Gasteiger charge is 2.26. The van der Waals surface area contributed by atoms with Crippen LogP contribution in [0.3, 0.4) is 0 Å². The molecule has 0 aliphatic carbocycles. The van der Waals surface area contributed by atoms with Crippen LogP contribution in [0.4, 0.5) is 10.1 Å². The van der Waals surface area contributed by atoms with Crippen LogP contribution < -0.4 is 4.90 Å². The normalized spacial score (nSPS) is 16.1. The Bertz CT molecular complexity index is 588. The summed E-state index contributed by atoms with van der Waals surface area (Å²) in [5.41, 5.74) is 3.47. The van der Waals surface area contributed by atoms with E-state index in [1.165, 1.54) is 10.9 Å². The maximum atomic E-state index is 13.0. The molecule has 2 aromatic rings. The monoisotopic (exact) mass is 258 g/mol. The number of hydrogen-bond donors (Lipinski definition) is 0. The van der Waals surface area contributed by atoms with Crippen molar-refractivity contribution < 1.29 is 4.39 Å². The lowest BCUT2D eigenvalue weighted by Crippen LogP contribution is -2.48. The van der Waals surface area contributed by atoms with Gasteiger partial charge in [-0.1, -0.05) is 13.8 Å². The summed E-state index contributed by atoms with van der Waals surface area (Å²) in [6.07, 6.45) is 2.26. The maximum Gasteiger partial charge on any atom is 0.135 e. The number of benzene rings is 1. The van der Waals surface area contributed by atoms with Gasteiger partial charge in [-0.15, -0.1) is 0 Å². The molecule has 2 nitrogen and oxygen atoms in total. The predicted octanol–water partition coefficient (Wildman–Crippen LogP) is 3.59. The Morgan fingerprint density at radius 2 is 2.11 bits per heavy atom. The second-order valence-corrected chi connectivity index (χ2v) is 5.77. The number of aromatic nitrogens is 1. The van der Waals surface area contributed by atoms with Gasteiger partial charge in [0.05, 0.1) is 18.6 Å². The lowest BCUT2D eigenvalue weighted by atomic mass is 9.98.